The minimum Gasteiger partial charge on any atom is -0.368 e. The van der Waals surface area contributed by atoms with Crippen molar-refractivity contribution >= 4 is 34.7 Å². The van der Waals surface area contributed by atoms with Crippen molar-refractivity contribution in [1.82, 2.24) is 15.2 Å². The number of piperidine rings is 1. The van der Waals surface area contributed by atoms with Crippen molar-refractivity contribution in [2.75, 3.05) is 25.0 Å². The second-order valence-corrected chi connectivity index (χ2v) is 7.77. The van der Waals surface area contributed by atoms with Gasteiger partial charge in [-0.1, -0.05) is 23.7 Å². The van der Waals surface area contributed by atoms with Crippen molar-refractivity contribution in [3.63, 3.8) is 0 Å². The topological polar surface area (TPSA) is 48.5 Å². The van der Waals surface area contributed by atoms with Crippen molar-refractivity contribution < 1.29 is 4.79 Å². The molecule has 1 N–H and O–H groups in total. The lowest BCUT2D eigenvalue weighted by atomic mass is 10.0. The Morgan fingerprint density at radius 1 is 1.48 bits per heavy atom. The van der Waals surface area contributed by atoms with Gasteiger partial charge in [0.1, 0.15) is 5.01 Å². The van der Waals surface area contributed by atoms with Gasteiger partial charge in [-0.3, -0.25) is 0 Å². The van der Waals surface area contributed by atoms with Crippen molar-refractivity contribution in [2.45, 2.75) is 32.4 Å². The molecule has 0 aliphatic carbocycles. The highest BCUT2D eigenvalue weighted by atomic mass is 35.5. The lowest BCUT2D eigenvalue weighted by Gasteiger charge is -2.35. The molecule has 1 fully saturated rings. The van der Waals surface area contributed by atoms with Crippen molar-refractivity contribution in [1.29, 1.82) is 0 Å². The summed E-state index contributed by atoms with van der Waals surface area (Å²) in [6.45, 7) is 4.24. The molecule has 2 amide bonds. The van der Waals surface area contributed by atoms with E-state index in [9.17, 15) is 4.79 Å². The van der Waals surface area contributed by atoms with Crippen LogP contribution in [-0.4, -0.2) is 42.1 Å². The summed E-state index contributed by atoms with van der Waals surface area (Å²) in [7, 11) is 1.81. The smallest absolute Gasteiger partial charge is 0.317 e. The third-order valence-electron chi connectivity index (χ3n) is 4.33. The Hall–Kier alpha value is -1.79. The molecule has 1 atom stereocenters. The Bertz CT molecular complexity index is 735. The number of aromatic nitrogens is 1. The zero-order valence-electron chi connectivity index (χ0n) is 14.5. The number of hydrogen-bond acceptors (Lipinski definition) is 4. The van der Waals surface area contributed by atoms with E-state index in [-0.39, 0.29) is 12.1 Å². The van der Waals surface area contributed by atoms with Gasteiger partial charge in [0.25, 0.3) is 0 Å². The predicted octanol–water partition coefficient (Wildman–Crippen LogP) is 3.92. The molecule has 1 unspecified atom stereocenters. The molecule has 1 aliphatic heterocycles. The Kier molecular flexibility index (Phi) is 5.81. The maximum atomic E-state index is 12.5. The van der Waals surface area contributed by atoms with E-state index in [0.717, 1.165) is 47.3 Å². The maximum Gasteiger partial charge on any atom is 0.317 e. The van der Waals surface area contributed by atoms with E-state index in [1.165, 1.54) is 0 Å². The summed E-state index contributed by atoms with van der Waals surface area (Å²) < 4.78 is 0. The normalized spacial score (nSPS) is 17.4. The Labute approximate surface area is 157 Å². The number of urea groups is 1. The second kappa shape index (κ2) is 8.06. The molecule has 7 heteroatoms. The third kappa shape index (κ3) is 4.64. The van der Waals surface area contributed by atoms with Gasteiger partial charge in [0, 0.05) is 37.3 Å². The molecule has 1 aliphatic rings. The summed E-state index contributed by atoms with van der Waals surface area (Å²) in [5.41, 5.74) is 2.03. The van der Waals surface area contributed by atoms with Crippen molar-refractivity contribution in [2.24, 2.45) is 0 Å². The van der Waals surface area contributed by atoms with Crippen LogP contribution in [0.15, 0.2) is 29.6 Å². The van der Waals surface area contributed by atoms with Crippen LogP contribution < -0.4 is 10.2 Å². The van der Waals surface area contributed by atoms with E-state index in [1.54, 1.807) is 23.3 Å². The fourth-order valence-corrected chi connectivity index (χ4v) is 4.14. The average Bonchev–Trinajstić information content (AvgIpc) is 3.00. The van der Waals surface area contributed by atoms with Crippen LogP contribution in [0.1, 0.15) is 23.5 Å². The standard InChI is InChI=1S/C18H23ClN4OS/c1-13-12-25-17(20-13)11-22(2)18(24)21-14-6-5-9-23(10-14)16-8-4-3-7-15(16)19/h3-4,7-8,12,14H,5-6,9-11H2,1-2H3,(H,21,24). The first-order valence-electron chi connectivity index (χ1n) is 8.45. The number of anilines is 1. The minimum atomic E-state index is -0.0566. The molecule has 1 aromatic heterocycles. The Balaban J connectivity index is 1.56. The number of halogens is 1. The van der Waals surface area contributed by atoms with E-state index < -0.39 is 0 Å². The van der Waals surface area contributed by atoms with E-state index in [4.69, 9.17) is 11.6 Å². The fourth-order valence-electron chi connectivity index (χ4n) is 3.06. The molecule has 3 rings (SSSR count). The van der Waals surface area contributed by atoms with Gasteiger partial charge in [0.15, 0.2) is 0 Å². The van der Waals surface area contributed by atoms with Crippen LogP contribution in [0.5, 0.6) is 0 Å². The van der Waals surface area contributed by atoms with Crippen LogP contribution in [0.4, 0.5) is 10.5 Å². The van der Waals surface area contributed by atoms with Crippen LogP contribution in [0.2, 0.25) is 5.02 Å². The van der Waals surface area contributed by atoms with Crippen LogP contribution >= 0.6 is 22.9 Å². The molecule has 0 bridgehead atoms. The number of carbonyl (C=O) groups excluding carboxylic acids is 1. The minimum absolute atomic E-state index is 0.0566. The van der Waals surface area contributed by atoms with Gasteiger partial charge in [0.05, 0.1) is 17.3 Å². The first-order valence-corrected chi connectivity index (χ1v) is 9.71. The number of benzene rings is 1. The molecular formula is C18H23ClN4OS. The number of hydrogen-bond donors (Lipinski definition) is 1. The van der Waals surface area contributed by atoms with Gasteiger partial charge in [-0.2, -0.15) is 0 Å². The van der Waals surface area contributed by atoms with Gasteiger partial charge in [0.2, 0.25) is 0 Å². The van der Waals surface area contributed by atoms with Crippen LogP contribution in [-0.2, 0) is 6.54 Å². The number of nitrogens with zero attached hydrogens (tertiary/aromatic N) is 3. The van der Waals surface area contributed by atoms with E-state index in [0.29, 0.717) is 6.54 Å². The fraction of sp³-hybridized carbons (Fsp3) is 0.444. The summed E-state index contributed by atoms with van der Waals surface area (Å²) in [6, 6.07) is 7.93. The monoisotopic (exact) mass is 378 g/mol. The zero-order valence-corrected chi connectivity index (χ0v) is 16.1. The number of carbonyl (C=O) groups is 1. The molecule has 0 saturated carbocycles. The first kappa shape index (κ1) is 18.0. The third-order valence-corrected chi connectivity index (χ3v) is 5.60. The molecule has 5 nitrogen and oxygen atoms in total. The van der Waals surface area contributed by atoms with Crippen molar-refractivity contribution in [3.8, 4) is 0 Å². The Morgan fingerprint density at radius 2 is 2.28 bits per heavy atom. The first-order chi connectivity index (χ1) is 12.0. The molecule has 2 heterocycles. The number of thiazole rings is 1. The molecule has 0 spiro atoms. The number of nitrogens with one attached hydrogen (secondary N) is 1. The lowest BCUT2D eigenvalue weighted by Crippen LogP contribution is -2.50. The van der Waals surface area contributed by atoms with Crippen molar-refractivity contribution in [3.05, 3.63) is 45.4 Å². The molecule has 1 saturated heterocycles. The van der Waals surface area contributed by atoms with E-state index in [2.05, 4.69) is 15.2 Å². The second-order valence-electron chi connectivity index (χ2n) is 6.42. The average molecular weight is 379 g/mol. The zero-order chi connectivity index (χ0) is 17.8. The molecule has 1 aromatic carbocycles. The molecule has 0 radical (unpaired) electrons. The number of para-hydroxylation sites is 1. The van der Waals surface area contributed by atoms with Gasteiger partial charge >= 0.3 is 6.03 Å². The molecular weight excluding hydrogens is 356 g/mol. The molecule has 25 heavy (non-hydrogen) atoms. The van der Waals surface area contributed by atoms with Gasteiger partial charge in [-0.05, 0) is 31.9 Å². The Morgan fingerprint density at radius 3 is 3.00 bits per heavy atom. The summed E-state index contributed by atoms with van der Waals surface area (Å²) in [5.74, 6) is 0. The largest absolute Gasteiger partial charge is 0.368 e. The predicted molar refractivity (Wildman–Crippen MR) is 104 cm³/mol. The molecule has 134 valence electrons. The van der Waals surface area contributed by atoms with Gasteiger partial charge < -0.3 is 15.1 Å². The number of rotatable bonds is 4. The lowest BCUT2D eigenvalue weighted by molar-refractivity contribution is 0.200. The van der Waals surface area contributed by atoms with Crippen LogP contribution in [0, 0.1) is 6.92 Å². The highest BCUT2D eigenvalue weighted by molar-refractivity contribution is 7.09. The van der Waals surface area contributed by atoms with E-state index in [1.807, 2.05) is 36.6 Å². The molecule has 2 aromatic rings. The SMILES string of the molecule is Cc1csc(CN(C)C(=O)NC2CCCN(c3ccccc3Cl)C2)n1. The maximum absolute atomic E-state index is 12.5. The summed E-state index contributed by atoms with van der Waals surface area (Å²) in [6.07, 6.45) is 2.02. The summed E-state index contributed by atoms with van der Waals surface area (Å²) in [4.78, 5) is 20.8. The number of aryl methyl sites for hydroxylation is 1. The number of amides is 2. The highest BCUT2D eigenvalue weighted by Crippen LogP contribution is 2.27. The van der Waals surface area contributed by atoms with E-state index >= 15 is 0 Å². The van der Waals surface area contributed by atoms with Gasteiger partial charge in [-0.25, -0.2) is 9.78 Å². The quantitative estimate of drug-likeness (QED) is 0.877. The summed E-state index contributed by atoms with van der Waals surface area (Å²) >= 11 is 7.90. The van der Waals surface area contributed by atoms with Crippen LogP contribution in [0.3, 0.4) is 0 Å². The van der Waals surface area contributed by atoms with Gasteiger partial charge in [-0.15, -0.1) is 11.3 Å². The highest BCUT2D eigenvalue weighted by Gasteiger charge is 2.24. The van der Waals surface area contributed by atoms with Crippen LogP contribution in [0.25, 0.3) is 0 Å². The summed E-state index contributed by atoms with van der Waals surface area (Å²) in [5, 5.41) is 6.86.